The third-order valence-corrected chi connectivity index (χ3v) is 6.27. The number of fused-ring (bicyclic) bond motifs is 1. The Morgan fingerprint density at radius 3 is 2.93 bits per heavy atom. The van der Waals surface area contributed by atoms with Gasteiger partial charge in [-0.25, -0.2) is 4.99 Å². The molecule has 2 aliphatic heterocycles. The van der Waals surface area contributed by atoms with Gasteiger partial charge in [-0.2, -0.15) is 5.10 Å². The molecule has 1 unspecified atom stereocenters. The van der Waals surface area contributed by atoms with Crippen LogP contribution in [0.2, 0.25) is 0 Å². The smallest absolute Gasteiger partial charge is 0.239 e. The van der Waals surface area contributed by atoms with Gasteiger partial charge in [-0.1, -0.05) is 47.8 Å². The van der Waals surface area contributed by atoms with Gasteiger partial charge in [0.25, 0.3) is 0 Å². The topological polar surface area (TPSA) is 90.6 Å². The molecule has 2 heterocycles. The molecule has 1 aromatic carbocycles. The van der Waals surface area contributed by atoms with Crippen LogP contribution in [0.3, 0.4) is 0 Å². The number of amidine groups is 3. The molecule has 0 bridgehead atoms. The lowest BCUT2D eigenvalue weighted by atomic mass is 10.0. The molecule has 4 rings (SSSR count). The molecule has 2 N–H and O–H groups in total. The number of nitrogens with one attached hydrogen (secondary N) is 2. The highest BCUT2D eigenvalue weighted by Gasteiger charge is 2.26. The van der Waals surface area contributed by atoms with Gasteiger partial charge in [0.2, 0.25) is 11.1 Å². The standard InChI is InChI=1S/C18H20N6OS2/c1-11-16(25)20-18(27-11)24-22-15-10-26-17(19-15)23-21-14-9-5-3-7-12-6-2-4-8-13(12)14/h2,4,6,8,11H,3,5,7,9-10H2,1H3,(H,19,22,23)(H,20,24,25). The van der Waals surface area contributed by atoms with Crippen LogP contribution in [0.25, 0.3) is 0 Å². The van der Waals surface area contributed by atoms with Crippen molar-refractivity contribution >= 4 is 51.3 Å². The van der Waals surface area contributed by atoms with Crippen molar-refractivity contribution in [3.8, 4) is 0 Å². The van der Waals surface area contributed by atoms with E-state index in [-0.39, 0.29) is 11.2 Å². The lowest BCUT2D eigenvalue weighted by Crippen LogP contribution is -2.26. The van der Waals surface area contributed by atoms with Gasteiger partial charge in [0, 0.05) is 5.56 Å². The van der Waals surface area contributed by atoms with Crippen LogP contribution < -0.4 is 10.7 Å². The summed E-state index contributed by atoms with van der Waals surface area (Å²) >= 11 is 2.92. The number of hydrogen-bond acceptors (Lipinski definition) is 7. The Kier molecular flexibility index (Phi) is 5.58. The average Bonchev–Trinajstić information content (AvgIpc) is 3.19. The second-order valence-electron chi connectivity index (χ2n) is 6.42. The summed E-state index contributed by atoms with van der Waals surface area (Å²) in [4.78, 5) is 15.9. The van der Waals surface area contributed by atoms with Gasteiger partial charge < -0.3 is 5.32 Å². The SMILES string of the molecule is CC1SC(=NNC2=NC(=NN=C3CCCCc4ccccc43)SC2)NC1=O. The Hall–Kier alpha value is -2.13. The van der Waals surface area contributed by atoms with E-state index in [0.29, 0.717) is 21.9 Å². The summed E-state index contributed by atoms with van der Waals surface area (Å²) in [6.07, 6.45) is 4.35. The monoisotopic (exact) mass is 400 g/mol. The third-order valence-electron chi connectivity index (χ3n) is 4.44. The predicted molar refractivity (Wildman–Crippen MR) is 114 cm³/mol. The van der Waals surface area contributed by atoms with E-state index >= 15 is 0 Å². The minimum Gasteiger partial charge on any atom is -0.303 e. The molecular weight excluding hydrogens is 380 g/mol. The molecule has 7 nitrogen and oxygen atoms in total. The first-order chi connectivity index (χ1) is 13.2. The van der Waals surface area contributed by atoms with Crippen LogP contribution >= 0.6 is 23.5 Å². The normalized spacial score (nSPS) is 26.9. The van der Waals surface area contributed by atoms with Crippen molar-refractivity contribution in [2.45, 2.75) is 37.9 Å². The van der Waals surface area contributed by atoms with Crippen LogP contribution in [0, 0.1) is 0 Å². The highest BCUT2D eigenvalue weighted by atomic mass is 32.2. The second kappa shape index (κ2) is 8.26. The van der Waals surface area contributed by atoms with Crippen molar-refractivity contribution in [2.75, 3.05) is 5.75 Å². The van der Waals surface area contributed by atoms with Crippen LogP contribution in [0.1, 0.15) is 37.3 Å². The molecule has 0 radical (unpaired) electrons. The fourth-order valence-electron chi connectivity index (χ4n) is 3.02. The van der Waals surface area contributed by atoms with Gasteiger partial charge in [0.1, 0.15) is 5.84 Å². The number of rotatable bonds is 2. The molecule has 1 amide bonds. The number of aryl methyl sites for hydroxylation is 1. The number of carbonyl (C=O) groups excluding carboxylic acids is 1. The van der Waals surface area contributed by atoms with Crippen LogP contribution in [0.4, 0.5) is 0 Å². The third kappa shape index (κ3) is 4.41. The number of benzene rings is 1. The lowest BCUT2D eigenvalue weighted by molar-refractivity contribution is -0.118. The molecule has 0 aromatic heterocycles. The second-order valence-corrected chi connectivity index (χ2v) is 8.69. The Labute approximate surface area is 166 Å². The fourth-order valence-corrected chi connectivity index (χ4v) is 4.44. The molecule has 0 spiro atoms. The molecule has 1 atom stereocenters. The van der Waals surface area contributed by atoms with Gasteiger partial charge in [-0.3, -0.25) is 10.2 Å². The van der Waals surface area contributed by atoms with Gasteiger partial charge >= 0.3 is 0 Å². The van der Waals surface area contributed by atoms with Crippen molar-refractivity contribution in [1.29, 1.82) is 0 Å². The number of carbonyl (C=O) groups is 1. The van der Waals surface area contributed by atoms with E-state index in [9.17, 15) is 4.79 Å². The van der Waals surface area contributed by atoms with E-state index in [4.69, 9.17) is 0 Å². The number of hydrogen-bond donors (Lipinski definition) is 2. The van der Waals surface area contributed by atoms with Crippen molar-refractivity contribution < 1.29 is 4.79 Å². The molecule has 3 aliphatic rings. The molecule has 1 aromatic rings. The van der Waals surface area contributed by atoms with E-state index in [2.05, 4.69) is 55.3 Å². The molecule has 140 valence electrons. The maximum Gasteiger partial charge on any atom is 0.239 e. The summed E-state index contributed by atoms with van der Waals surface area (Å²) in [6, 6.07) is 8.43. The van der Waals surface area contributed by atoms with Gasteiger partial charge in [0.15, 0.2) is 5.17 Å². The van der Waals surface area contributed by atoms with Crippen LogP contribution in [0.15, 0.2) is 44.6 Å². The molecule has 27 heavy (non-hydrogen) atoms. The maximum atomic E-state index is 11.5. The molecular formula is C18H20N6OS2. The number of amides is 1. The van der Waals surface area contributed by atoms with E-state index in [1.54, 1.807) is 0 Å². The van der Waals surface area contributed by atoms with E-state index < -0.39 is 0 Å². The zero-order chi connectivity index (χ0) is 18.6. The summed E-state index contributed by atoms with van der Waals surface area (Å²) < 4.78 is 0. The van der Waals surface area contributed by atoms with Crippen LogP contribution in [0.5, 0.6) is 0 Å². The summed E-state index contributed by atoms with van der Waals surface area (Å²) in [5, 5.41) is 16.9. The molecule has 1 fully saturated rings. The first kappa shape index (κ1) is 18.2. The number of hydrazone groups is 1. The zero-order valence-corrected chi connectivity index (χ0v) is 16.6. The first-order valence-electron chi connectivity index (χ1n) is 8.93. The number of aliphatic imine (C=N–C) groups is 1. The fraction of sp³-hybridized carbons (Fsp3) is 0.389. The Morgan fingerprint density at radius 2 is 2.07 bits per heavy atom. The first-order valence-corrected chi connectivity index (χ1v) is 10.8. The number of nitrogens with zero attached hydrogens (tertiary/aromatic N) is 4. The largest absolute Gasteiger partial charge is 0.303 e. The zero-order valence-electron chi connectivity index (χ0n) is 14.9. The Bertz CT molecular complexity index is 876. The minimum atomic E-state index is -0.110. The average molecular weight is 401 g/mol. The van der Waals surface area contributed by atoms with Crippen molar-refractivity contribution in [3.05, 3.63) is 35.4 Å². The Balaban J connectivity index is 1.45. The van der Waals surface area contributed by atoms with Crippen molar-refractivity contribution in [2.24, 2.45) is 20.3 Å². The van der Waals surface area contributed by atoms with Gasteiger partial charge in [0.05, 0.1) is 16.7 Å². The minimum absolute atomic E-state index is 0.0231. The Morgan fingerprint density at radius 1 is 1.22 bits per heavy atom. The van der Waals surface area contributed by atoms with Crippen molar-refractivity contribution in [1.82, 2.24) is 10.7 Å². The van der Waals surface area contributed by atoms with Gasteiger partial charge in [-0.05, 0) is 38.2 Å². The van der Waals surface area contributed by atoms with Crippen LogP contribution in [-0.4, -0.2) is 38.8 Å². The molecule has 1 saturated heterocycles. The molecule has 9 heteroatoms. The van der Waals surface area contributed by atoms with E-state index in [0.717, 1.165) is 25.0 Å². The highest BCUT2D eigenvalue weighted by Crippen LogP contribution is 2.22. The maximum absolute atomic E-state index is 11.5. The summed E-state index contributed by atoms with van der Waals surface area (Å²) in [7, 11) is 0. The molecule has 1 aliphatic carbocycles. The summed E-state index contributed by atoms with van der Waals surface area (Å²) in [5.41, 5.74) is 6.50. The predicted octanol–water partition coefficient (Wildman–Crippen LogP) is 2.73. The molecule has 0 saturated carbocycles. The highest BCUT2D eigenvalue weighted by molar-refractivity contribution is 8.15. The quantitative estimate of drug-likeness (QED) is 0.590. The summed E-state index contributed by atoms with van der Waals surface area (Å²) in [6.45, 7) is 1.85. The summed E-state index contributed by atoms with van der Waals surface area (Å²) in [5.74, 6) is 1.35. The van der Waals surface area contributed by atoms with E-state index in [1.807, 2.05) is 6.92 Å². The number of thioether (sulfide) groups is 2. The lowest BCUT2D eigenvalue weighted by Gasteiger charge is -2.05. The van der Waals surface area contributed by atoms with E-state index in [1.165, 1.54) is 41.1 Å². The van der Waals surface area contributed by atoms with Gasteiger partial charge in [-0.15, -0.1) is 10.2 Å². The van der Waals surface area contributed by atoms with Crippen LogP contribution in [-0.2, 0) is 11.2 Å². The van der Waals surface area contributed by atoms with Crippen molar-refractivity contribution in [3.63, 3.8) is 0 Å².